The van der Waals surface area contributed by atoms with Crippen molar-refractivity contribution in [2.45, 2.75) is 63.5 Å². The van der Waals surface area contributed by atoms with E-state index in [2.05, 4.69) is 26.0 Å². The zero-order chi connectivity index (χ0) is 19.0. The van der Waals surface area contributed by atoms with Gasteiger partial charge in [0.25, 0.3) is 0 Å². The number of carbonyl (C=O) groups is 2. The number of rotatable bonds is 6. The molecule has 0 radical (unpaired) electrons. The molecule has 0 bridgehead atoms. The fraction of sp³-hybridized carbons (Fsp3) is 0.556. The lowest BCUT2D eigenvalue weighted by Gasteiger charge is -2.34. The van der Waals surface area contributed by atoms with Crippen molar-refractivity contribution in [2.24, 2.45) is 0 Å². The van der Waals surface area contributed by atoms with Crippen LogP contribution in [-0.4, -0.2) is 39.0 Å². The maximum absolute atomic E-state index is 12.0. The third-order valence-corrected chi connectivity index (χ3v) is 5.09. The van der Waals surface area contributed by atoms with Crippen LogP contribution in [0.3, 0.4) is 0 Å². The van der Waals surface area contributed by atoms with Crippen LogP contribution in [0.1, 0.15) is 55.7 Å². The van der Waals surface area contributed by atoms with Crippen molar-refractivity contribution in [3.8, 4) is 0 Å². The first-order valence-electron chi connectivity index (χ1n) is 9.15. The normalized spacial score (nSPS) is 22.6. The van der Waals surface area contributed by atoms with Crippen LogP contribution < -0.4 is 10.6 Å². The van der Waals surface area contributed by atoms with Crippen LogP contribution in [0.5, 0.6) is 0 Å². The first kappa shape index (κ1) is 17.6. The standard InChI is InChI=1S/C18H23N5O4/c1-10-5-13(27-23-10)8-16(24)19-15-9-14(21-22-15)11-6-12(7-11)26-17(25)20-18(2)3-4-18/h5,9,11-12H,3-4,6-8H2,1-2H3,(H,20,25)(H2,19,21,22,24). The van der Waals surface area contributed by atoms with E-state index in [9.17, 15) is 9.59 Å². The smallest absolute Gasteiger partial charge is 0.407 e. The van der Waals surface area contributed by atoms with E-state index in [1.54, 1.807) is 13.0 Å². The fourth-order valence-corrected chi connectivity index (χ4v) is 3.11. The van der Waals surface area contributed by atoms with Gasteiger partial charge in [-0.1, -0.05) is 5.16 Å². The number of nitrogens with one attached hydrogen (secondary N) is 3. The number of ether oxygens (including phenoxy) is 1. The van der Waals surface area contributed by atoms with Crippen molar-refractivity contribution in [2.75, 3.05) is 5.32 Å². The number of nitrogens with zero attached hydrogens (tertiary/aromatic N) is 2. The van der Waals surface area contributed by atoms with Crippen molar-refractivity contribution < 1.29 is 18.8 Å². The monoisotopic (exact) mass is 373 g/mol. The van der Waals surface area contributed by atoms with E-state index in [0.717, 1.165) is 37.1 Å². The Hall–Kier alpha value is -2.84. The third kappa shape index (κ3) is 4.29. The average molecular weight is 373 g/mol. The van der Waals surface area contributed by atoms with E-state index in [4.69, 9.17) is 9.26 Å². The second-order valence-corrected chi connectivity index (χ2v) is 7.75. The highest BCUT2D eigenvalue weighted by Crippen LogP contribution is 2.39. The fourth-order valence-electron chi connectivity index (χ4n) is 3.11. The molecule has 0 unspecified atom stereocenters. The molecule has 4 rings (SSSR count). The van der Waals surface area contributed by atoms with Crippen LogP contribution in [0.4, 0.5) is 10.6 Å². The number of anilines is 1. The Bertz CT molecular complexity index is 848. The Morgan fingerprint density at radius 3 is 2.81 bits per heavy atom. The number of hydrogen-bond acceptors (Lipinski definition) is 6. The number of hydrogen-bond donors (Lipinski definition) is 3. The molecule has 2 amide bonds. The highest BCUT2D eigenvalue weighted by molar-refractivity contribution is 5.91. The third-order valence-electron chi connectivity index (χ3n) is 5.09. The Morgan fingerprint density at radius 1 is 1.37 bits per heavy atom. The number of amides is 2. The molecule has 9 heteroatoms. The lowest BCUT2D eigenvalue weighted by Crippen LogP contribution is -2.40. The number of H-pyrrole nitrogens is 1. The maximum Gasteiger partial charge on any atom is 0.407 e. The van der Waals surface area contributed by atoms with Crippen LogP contribution in [-0.2, 0) is 16.0 Å². The molecule has 2 fully saturated rings. The SMILES string of the molecule is Cc1cc(CC(=O)Nc2cc(C3CC(OC(=O)NC4(C)CC4)C3)[nH]n2)on1. The average Bonchev–Trinajstić information content (AvgIpc) is 2.93. The quantitative estimate of drug-likeness (QED) is 0.715. The summed E-state index contributed by atoms with van der Waals surface area (Å²) in [5, 5.41) is 16.5. The molecule has 27 heavy (non-hydrogen) atoms. The first-order chi connectivity index (χ1) is 12.9. The van der Waals surface area contributed by atoms with Gasteiger partial charge in [0.05, 0.1) is 12.1 Å². The van der Waals surface area contributed by atoms with E-state index in [1.165, 1.54) is 0 Å². The lowest BCUT2D eigenvalue weighted by molar-refractivity contribution is -0.115. The minimum absolute atomic E-state index is 0.0683. The van der Waals surface area contributed by atoms with Gasteiger partial charge in [0.15, 0.2) is 5.82 Å². The zero-order valence-corrected chi connectivity index (χ0v) is 15.4. The topological polar surface area (TPSA) is 122 Å². The van der Waals surface area contributed by atoms with Crippen molar-refractivity contribution in [3.63, 3.8) is 0 Å². The van der Waals surface area contributed by atoms with E-state index in [1.807, 2.05) is 13.0 Å². The van der Waals surface area contributed by atoms with Gasteiger partial charge >= 0.3 is 6.09 Å². The number of aromatic amines is 1. The second kappa shape index (κ2) is 6.71. The Morgan fingerprint density at radius 2 is 2.15 bits per heavy atom. The summed E-state index contributed by atoms with van der Waals surface area (Å²) in [6.45, 7) is 3.82. The molecule has 3 N–H and O–H groups in total. The molecule has 2 aromatic rings. The van der Waals surface area contributed by atoms with Gasteiger partial charge in [0.1, 0.15) is 11.9 Å². The van der Waals surface area contributed by atoms with Crippen molar-refractivity contribution in [3.05, 3.63) is 29.3 Å². The summed E-state index contributed by atoms with van der Waals surface area (Å²) >= 11 is 0. The highest BCUT2D eigenvalue weighted by atomic mass is 16.6. The minimum atomic E-state index is -0.335. The first-order valence-corrected chi connectivity index (χ1v) is 9.15. The van der Waals surface area contributed by atoms with E-state index in [-0.39, 0.29) is 36.0 Å². The predicted octanol–water partition coefficient (Wildman–Crippen LogP) is 2.41. The molecule has 0 spiro atoms. The van der Waals surface area contributed by atoms with Gasteiger partial charge in [-0.2, -0.15) is 5.10 Å². The molecule has 0 aromatic carbocycles. The number of aromatic nitrogens is 3. The number of carbonyl (C=O) groups excluding carboxylic acids is 2. The summed E-state index contributed by atoms with van der Waals surface area (Å²) in [6.07, 6.45) is 3.21. The summed E-state index contributed by atoms with van der Waals surface area (Å²) in [6, 6.07) is 3.54. The molecule has 0 atom stereocenters. The summed E-state index contributed by atoms with van der Waals surface area (Å²) in [5.41, 5.74) is 1.60. The van der Waals surface area contributed by atoms with Gasteiger partial charge in [-0.25, -0.2) is 4.79 Å². The summed E-state index contributed by atoms with van der Waals surface area (Å²) in [5.74, 6) is 1.01. The van der Waals surface area contributed by atoms with Crippen LogP contribution in [0.25, 0.3) is 0 Å². The maximum atomic E-state index is 12.0. The molecule has 144 valence electrons. The molecule has 2 aliphatic carbocycles. The predicted molar refractivity (Wildman–Crippen MR) is 95.2 cm³/mol. The molecule has 9 nitrogen and oxygen atoms in total. The van der Waals surface area contributed by atoms with Crippen LogP contribution in [0.2, 0.25) is 0 Å². The van der Waals surface area contributed by atoms with Gasteiger partial charge in [0, 0.05) is 29.3 Å². The molecule has 0 aliphatic heterocycles. The van der Waals surface area contributed by atoms with Gasteiger partial charge in [0.2, 0.25) is 5.91 Å². The van der Waals surface area contributed by atoms with E-state index >= 15 is 0 Å². The number of aryl methyl sites for hydroxylation is 1. The van der Waals surface area contributed by atoms with Crippen LogP contribution >= 0.6 is 0 Å². The minimum Gasteiger partial charge on any atom is -0.446 e. The van der Waals surface area contributed by atoms with Crippen molar-refractivity contribution in [1.82, 2.24) is 20.7 Å². The van der Waals surface area contributed by atoms with Gasteiger partial charge < -0.3 is 19.9 Å². The Labute approximate surface area is 156 Å². The van der Waals surface area contributed by atoms with Gasteiger partial charge in [-0.15, -0.1) is 0 Å². The molecule has 2 saturated carbocycles. The lowest BCUT2D eigenvalue weighted by atomic mass is 9.80. The largest absolute Gasteiger partial charge is 0.446 e. The summed E-state index contributed by atoms with van der Waals surface area (Å²) < 4.78 is 10.5. The van der Waals surface area contributed by atoms with E-state index in [0.29, 0.717) is 11.6 Å². The molecule has 0 saturated heterocycles. The van der Waals surface area contributed by atoms with E-state index < -0.39 is 0 Å². The molecule has 2 aromatic heterocycles. The van der Waals surface area contributed by atoms with Crippen LogP contribution in [0.15, 0.2) is 16.7 Å². The zero-order valence-electron chi connectivity index (χ0n) is 15.4. The van der Waals surface area contributed by atoms with Gasteiger partial charge in [-0.3, -0.25) is 9.89 Å². The highest BCUT2D eigenvalue weighted by Gasteiger charge is 2.41. The van der Waals surface area contributed by atoms with Gasteiger partial charge in [-0.05, 0) is 39.5 Å². The summed E-state index contributed by atoms with van der Waals surface area (Å²) in [7, 11) is 0. The van der Waals surface area contributed by atoms with Crippen LogP contribution in [0, 0.1) is 6.92 Å². The molecular weight excluding hydrogens is 350 g/mol. The number of alkyl carbamates (subject to hydrolysis) is 1. The van der Waals surface area contributed by atoms with Crippen molar-refractivity contribution >= 4 is 17.8 Å². The van der Waals surface area contributed by atoms with Crippen molar-refractivity contribution in [1.29, 1.82) is 0 Å². The molecule has 2 aliphatic rings. The second-order valence-electron chi connectivity index (χ2n) is 7.75. The molecular formula is C18H23N5O4. The molecule has 2 heterocycles. The Kier molecular flexibility index (Phi) is 4.37. The Balaban J connectivity index is 1.22. The summed E-state index contributed by atoms with van der Waals surface area (Å²) in [4.78, 5) is 23.8.